The zero-order valence-electron chi connectivity index (χ0n) is 12.8. The van der Waals surface area contributed by atoms with E-state index in [0.717, 1.165) is 30.6 Å². The third kappa shape index (κ3) is 3.10. The van der Waals surface area contributed by atoms with Crippen LogP contribution in [0.4, 0.5) is 5.95 Å². The number of anilines is 1. The fourth-order valence-corrected chi connectivity index (χ4v) is 2.83. The fraction of sp³-hybridized carbons (Fsp3) is 0.733. The maximum Gasteiger partial charge on any atom is 0.220 e. The molecule has 1 saturated carbocycles. The predicted octanol–water partition coefficient (Wildman–Crippen LogP) is 1.81. The summed E-state index contributed by atoms with van der Waals surface area (Å²) in [5.74, 6) is 0.614. The van der Waals surface area contributed by atoms with E-state index in [0.29, 0.717) is 11.9 Å². The first-order valence-electron chi connectivity index (χ1n) is 7.36. The molecule has 0 saturated heterocycles. The molecule has 112 valence electrons. The van der Waals surface area contributed by atoms with E-state index in [1.807, 2.05) is 6.92 Å². The van der Waals surface area contributed by atoms with Gasteiger partial charge in [0.2, 0.25) is 5.95 Å². The Bertz CT molecular complexity index is 471. The molecule has 1 aliphatic carbocycles. The second-order valence-corrected chi connectivity index (χ2v) is 6.42. The minimum Gasteiger partial charge on any atom is -0.392 e. The maximum absolute atomic E-state index is 10.3. The van der Waals surface area contributed by atoms with Crippen LogP contribution < -0.4 is 11.1 Å². The van der Waals surface area contributed by atoms with Crippen molar-refractivity contribution in [3.8, 4) is 0 Å². The van der Waals surface area contributed by atoms with Gasteiger partial charge in [0.05, 0.1) is 6.10 Å². The quantitative estimate of drug-likeness (QED) is 0.739. The van der Waals surface area contributed by atoms with Crippen molar-refractivity contribution >= 4 is 5.95 Å². The molecule has 0 radical (unpaired) electrons. The van der Waals surface area contributed by atoms with Crippen LogP contribution in [0, 0.1) is 18.3 Å². The summed E-state index contributed by atoms with van der Waals surface area (Å²) in [5, 5.41) is 13.8. The molecule has 0 aliphatic heterocycles. The molecule has 2 unspecified atom stereocenters. The van der Waals surface area contributed by atoms with Gasteiger partial charge in [-0.2, -0.15) is 0 Å². The van der Waals surface area contributed by atoms with Crippen molar-refractivity contribution < 1.29 is 5.11 Å². The van der Waals surface area contributed by atoms with Crippen LogP contribution in [0.2, 0.25) is 0 Å². The summed E-state index contributed by atoms with van der Waals surface area (Å²) in [6, 6.07) is 0.160. The Morgan fingerprint density at radius 1 is 1.40 bits per heavy atom. The number of aromatic nitrogens is 2. The molecule has 1 heterocycles. The Labute approximate surface area is 121 Å². The third-order valence-electron chi connectivity index (χ3n) is 4.41. The number of nitrogens with zero attached hydrogens (tertiary/aromatic N) is 2. The monoisotopic (exact) mass is 278 g/mol. The molecule has 2 rings (SSSR count). The van der Waals surface area contributed by atoms with Gasteiger partial charge in [-0.1, -0.05) is 13.8 Å². The number of aryl methyl sites for hydroxylation is 1. The van der Waals surface area contributed by atoms with Gasteiger partial charge in [0.25, 0.3) is 0 Å². The highest BCUT2D eigenvalue weighted by molar-refractivity contribution is 5.26. The normalized spacial score (nSPS) is 19.9. The average Bonchev–Trinajstić information content (AvgIpc) is 3.16. The van der Waals surface area contributed by atoms with Gasteiger partial charge in [-0.25, -0.2) is 9.97 Å². The highest BCUT2D eigenvalue weighted by Crippen LogP contribution is 2.50. The molecular weight excluding hydrogens is 252 g/mol. The number of nitrogen functional groups attached to an aromatic ring is 1. The SMILES string of the molecule is Cc1nc(N)ncc1C(C)NCC1(C(O)C(C)C)CC1. The standard InChI is InChI=1S/C15H26N4O/c1-9(2)13(20)15(5-6-15)8-18-10(3)12-7-17-14(16)19-11(12)4/h7,9-10,13,18,20H,5-6,8H2,1-4H3,(H2,16,17,19). The number of hydrogen-bond acceptors (Lipinski definition) is 5. The van der Waals surface area contributed by atoms with Crippen molar-refractivity contribution in [1.29, 1.82) is 0 Å². The Hall–Kier alpha value is -1.20. The van der Waals surface area contributed by atoms with Gasteiger partial charge in [-0.3, -0.25) is 0 Å². The number of rotatable bonds is 6. The van der Waals surface area contributed by atoms with Gasteiger partial charge >= 0.3 is 0 Å². The van der Waals surface area contributed by atoms with Crippen molar-refractivity contribution in [3.05, 3.63) is 17.5 Å². The van der Waals surface area contributed by atoms with Gasteiger partial charge in [0.15, 0.2) is 0 Å². The molecule has 0 spiro atoms. The fourth-order valence-electron chi connectivity index (χ4n) is 2.83. The molecule has 5 heteroatoms. The van der Waals surface area contributed by atoms with Gasteiger partial charge in [0, 0.05) is 35.5 Å². The summed E-state index contributed by atoms with van der Waals surface area (Å²) in [6.07, 6.45) is 3.76. The van der Waals surface area contributed by atoms with Crippen molar-refractivity contribution in [2.24, 2.45) is 11.3 Å². The van der Waals surface area contributed by atoms with Crippen molar-refractivity contribution in [2.75, 3.05) is 12.3 Å². The van der Waals surface area contributed by atoms with E-state index in [1.165, 1.54) is 0 Å². The minimum atomic E-state index is -0.231. The van der Waals surface area contributed by atoms with E-state index in [2.05, 4.69) is 36.1 Å². The second kappa shape index (κ2) is 5.66. The lowest BCUT2D eigenvalue weighted by atomic mass is 9.90. The van der Waals surface area contributed by atoms with Crippen molar-refractivity contribution in [2.45, 2.75) is 52.7 Å². The first-order chi connectivity index (χ1) is 9.35. The smallest absolute Gasteiger partial charge is 0.220 e. The molecule has 0 amide bonds. The Balaban J connectivity index is 1.97. The molecule has 0 bridgehead atoms. The molecular formula is C15H26N4O. The summed E-state index contributed by atoms with van der Waals surface area (Å²) >= 11 is 0. The van der Waals surface area contributed by atoms with E-state index in [4.69, 9.17) is 5.73 Å². The molecule has 0 aromatic carbocycles. The molecule has 1 fully saturated rings. The zero-order chi connectivity index (χ0) is 14.9. The van der Waals surface area contributed by atoms with E-state index in [-0.39, 0.29) is 17.6 Å². The Morgan fingerprint density at radius 3 is 2.55 bits per heavy atom. The molecule has 20 heavy (non-hydrogen) atoms. The number of nitrogens with one attached hydrogen (secondary N) is 1. The number of nitrogens with two attached hydrogens (primary N) is 1. The van der Waals surface area contributed by atoms with Crippen LogP contribution in [-0.4, -0.2) is 27.7 Å². The van der Waals surface area contributed by atoms with Crippen LogP contribution in [0.3, 0.4) is 0 Å². The summed E-state index contributed by atoms with van der Waals surface area (Å²) in [4.78, 5) is 8.26. The lowest BCUT2D eigenvalue weighted by Crippen LogP contribution is -2.37. The van der Waals surface area contributed by atoms with Crippen LogP contribution in [0.15, 0.2) is 6.20 Å². The van der Waals surface area contributed by atoms with Crippen LogP contribution in [0.1, 0.15) is 50.9 Å². The van der Waals surface area contributed by atoms with E-state index < -0.39 is 0 Å². The maximum atomic E-state index is 10.3. The Kier molecular flexibility index (Phi) is 4.30. The first kappa shape index (κ1) is 15.2. The van der Waals surface area contributed by atoms with Gasteiger partial charge in [-0.05, 0) is 32.6 Å². The van der Waals surface area contributed by atoms with Gasteiger partial charge < -0.3 is 16.2 Å². The highest BCUT2D eigenvalue weighted by Gasteiger charge is 2.49. The van der Waals surface area contributed by atoms with Gasteiger partial charge in [-0.15, -0.1) is 0 Å². The number of aliphatic hydroxyl groups excluding tert-OH is 1. The van der Waals surface area contributed by atoms with E-state index in [1.54, 1.807) is 6.20 Å². The molecule has 1 aromatic rings. The lowest BCUT2D eigenvalue weighted by Gasteiger charge is -2.27. The summed E-state index contributed by atoms with van der Waals surface area (Å²) in [5.41, 5.74) is 7.61. The summed E-state index contributed by atoms with van der Waals surface area (Å²) in [6.45, 7) is 9.02. The minimum absolute atomic E-state index is 0.0605. The summed E-state index contributed by atoms with van der Waals surface area (Å²) < 4.78 is 0. The van der Waals surface area contributed by atoms with Crippen LogP contribution >= 0.6 is 0 Å². The van der Waals surface area contributed by atoms with Crippen LogP contribution in [-0.2, 0) is 0 Å². The van der Waals surface area contributed by atoms with Crippen molar-refractivity contribution in [1.82, 2.24) is 15.3 Å². The summed E-state index contributed by atoms with van der Waals surface area (Å²) in [7, 11) is 0. The first-order valence-corrected chi connectivity index (χ1v) is 7.36. The second-order valence-electron chi connectivity index (χ2n) is 6.42. The van der Waals surface area contributed by atoms with Gasteiger partial charge in [0.1, 0.15) is 0 Å². The van der Waals surface area contributed by atoms with Crippen LogP contribution in [0.5, 0.6) is 0 Å². The number of hydrogen-bond donors (Lipinski definition) is 3. The van der Waals surface area contributed by atoms with Crippen LogP contribution in [0.25, 0.3) is 0 Å². The predicted molar refractivity (Wildman–Crippen MR) is 80.1 cm³/mol. The zero-order valence-corrected chi connectivity index (χ0v) is 12.8. The highest BCUT2D eigenvalue weighted by atomic mass is 16.3. The van der Waals surface area contributed by atoms with E-state index in [9.17, 15) is 5.11 Å². The van der Waals surface area contributed by atoms with E-state index >= 15 is 0 Å². The molecule has 4 N–H and O–H groups in total. The third-order valence-corrected chi connectivity index (χ3v) is 4.41. The number of aliphatic hydroxyl groups is 1. The average molecular weight is 278 g/mol. The lowest BCUT2D eigenvalue weighted by molar-refractivity contribution is 0.0491. The largest absolute Gasteiger partial charge is 0.392 e. The molecule has 5 nitrogen and oxygen atoms in total. The molecule has 1 aliphatic rings. The topological polar surface area (TPSA) is 84.1 Å². The molecule has 1 aromatic heterocycles. The molecule has 2 atom stereocenters. The Morgan fingerprint density at radius 2 is 2.05 bits per heavy atom. The van der Waals surface area contributed by atoms with Crippen molar-refractivity contribution in [3.63, 3.8) is 0 Å².